The molecule has 0 saturated heterocycles. The number of rotatable bonds is 6. The van der Waals surface area contributed by atoms with Crippen molar-refractivity contribution in [2.45, 2.75) is 17.5 Å². The number of hydrogen-bond donors (Lipinski definition) is 0. The molecule has 0 aliphatic rings. The summed E-state index contributed by atoms with van der Waals surface area (Å²) in [6.07, 6.45) is 5.74. The number of halogens is 1. The first-order valence-corrected chi connectivity index (χ1v) is 10.0. The monoisotopic (exact) mass is 378 g/mol. The molecule has 4 heteroatoms. The zero-order valence-corrected chi connectivity index (χ0v) is 15.8. The van der Waals surface area contributed by atoms with Crippen LogP contribution in [-0.2, 0) is 12.3 Å². The predicted molar refractivity (Wildman–Crippen MR) is 112 cm³/mol. The van der Waals surface area contributed by atoms with Gasteiger partial charge in [-0.15, -0.1) is 11.8 Å². The standard InChI is InChI=1S/C22H19ClN2S/c23-21-11-4-2-7-18(21)15-26-22(14-25-13-12-24-16-25)20-10-5-8-17-6-1-3-9-19(17)20/h1-13,16,22H,14-15H2. The predicted octanol–water partition coefficient (Wildman–Crippen LogP) is 6.36. The van der Waals surface area contributed by atoms with E-state index in [1.807, 2.05) is 48.7 Å². The summed E-state index contributed by atoms with van der Waals surface area (Å²) in [6.45, 7) is 0.878. The fourth-order valence-electron chi connectivity index (χ4n) is 3.16. The Hall–Kier alpha value is -2.23. The molecule has 0 bridgehead atoms. The Morgan fingerprint density at radius 2 is 1.77 bits per heavy atom. The minimum absolute atomic E-state index is 0.312. The second-order valence-corrected chi connectivity index (χ2v) is 7.82. The van der Waals surface area contributed by atoms with Crippen LogP contribution in [0.2, 0.25) is 5.02 Å². The van der Waals surface area contributed by atoms with Crippen molar-refractivity contribution < 1.29 is 0 Å². The lowest BCUT2D eigenvalue weighted by Gasteiger charge is -2.20. The van der Waals surface area contributed by atoms with Crippen molar-refractivity contribution in [3.05, 3.63) is 102 Å². The van der Waals surface area contributed by atoms with Gasteiger partial charge < -0.3 is 4.57 Å². The first-order chi connectivity index (χ1) is 12.8. The normalized spacial score (nSPS) is 12.3. The highest BCUT2D eigenvalue weighted by atomic mass is 35.5. The van der Waals surface area contributed by atoms with Gasteiger partial charge in [-0.1, -0.05) is 72.3 Å². The third kappa shape index (κ3) is 3.79. The van der Waals surface area contributed by atoms with E-state index in [2.05, 4.69) is 58.1 Å². The van der Waals surface area contributed by atoms with E-state index in [4.69, 9.17) is 11.6 Å². The molecule has 0 spiro atoms. The van der Waals surface area contributed by atoms with Gasteiger partial charge >= 0.3 is 0 Å². The average molecular weight is 379 g/mol. The molecule has 2 nitrogen and oxygen atoms in total. The van der Waals surface area contributed by atoms with E-state index in [9.17, 15) is 0 Å². The molecule has 1 aromatic heterocycles. The van der Waals surface area contributed by atoms with Crippen LogP contribution in [0.5, 0.6) is 0 Å². The zero-order chi connectivity index (χ0) is 17.8. The molecule has 1 atom stereocenters. The smallest absolute Gasteiger partial charge is 0.0946 e. The lowest BCUT2D eigenvalue weighted by molar-refractivity contribution is 0.686. The fraction of sp³-hybridized carbons (Fsp3) is 0.136. The first kappa shape index (κ1) is 17.2. The summed E-state index contributed by atoms with van der Waals surface area (Å²) in [5.41, 5.74) is 2.53. The van der Waals surface area contributed by atoms with Crippen LogP contribution >= 0.6 is 23.4 Å². The maximum atomic E-state index is 6.36. The summed E-state index contributed by atoms with van der Waals surface area (Å²) in [6, 6.07) is 23.2. The second kappa shape index (κ2) is 7.98. The Bertz CT molecular complexity index is 993. The molecule has 3 aromatic carbocycles. The number of nitrogens with zero attached hydrogens (tertiary/aromatic N) is 2. The van der Waals surface area contributed by atoms with E-state index in [-0.39, 0.29) is 0 Å². The van der Waals surface area contributed by atoms with Gasteiger partial charge in [-0.2, -0.15) is 0 Å². The molecular formula is C22H19ClN2S. The van der Waals surface area contributed by atoms with Crippen molar-refractivity contribution in [2.75, 3.05) is 0 Å². The van der Waals surface area contributed by atoms with Crippen LogP contribution in [0.1, 0.15) is 16.4 Å². The maximum absolute atomic E-state index is 6.36. The molecule has 0 amide bonds. The van der Waals surface area contributed by atoms with Crippen LogP contribution in [0, 0.1) is 0 Å². The van der Waals surface area contributed by atoms with Gasteiger partial charge in [-0.05, 0) is 28.0 Å². The van der Waals surface area contributed by atoms with Crippen molar-refractivity contribution in [1.29, 1.82) is 0 Å². The minimum atomic E-state index is 0.312. The van der Waals surface area contributed by atoms with Gasteiger partial charge in [0.2, 0.25) is 0 Å². The van der Waals surface area contributed by atoms with Gasteiger partial charge in [0.25, 0.3) is 0 Å². The second-order valence-electron chi connectivity index (χ2n) is 6.22. The molecule has 4 rings (SSSR count). The Kier molecular flexibility index (Phi) is 5.28. The molecule has 0 aliphatic carbocycles. The largest absolute Gasteiger partial charge is 0.336 e. The van der Waals surface area contributed by atoms with E-state index >= 15 is 0 Å². The van der Waals surface area contributed by atoms with Gasteiger partial charge in [0.05, 0.1) is 6.33 Å². The number of imidazole rings is 1. The van der Waals surface area contributed by atoms with E-state index < -0.39 is 0 Å². The highest BCUT2D eigenvalue weighted by Crippen LogP contribution is 2.38. The summed E-state index contributed by atoms with van der Waals surface area (Å²) < 4.78 is 2.14. The van der Waals surface area contributed by atoms with Crippen molar-refractivity contribution >= 4 is 34.1 Å². The van der Waals surface area contributed by atoms with Crippen LogP contribution in [-0.4, -0.2) is 9.55 Å². The van der Waals surface area contributed by atoms with E-state index in [0.29, 0.717) is 5.25 Å². The third-order valence-corrected chi connectivity index (χ3v) is 6.16. The molecule has 130 valence electrons. The molecule has 1 unspecified atom stereocenters. The van der Waals surface area contributed by atoms with Crippen molar-refractivity contribution in [3.8, 4) is 0 Å². The number of fused-ring (bicyclic) bond motifs is 1. The quantitative estimate of drug-likeness (QED) is 0.388. The Morgan fingerprint density at radius 3 is 2.62 bits per heavy atom. The Morgan fingerprint density at radius 1 is 0.962 bits per heavy atom. The van der Waals surface area contributed by atoms with Crippen LogP contribution in [0.25, 0.3) is 10.8 Å². The van der Waals surface area contributed by atoms with E-state index in [1.165, 1.54) is 21.9 Å². The lowest BCUT2D eigenvalue weighted by Crippen LogP contribution is -2.06. The summed E-state index contributed by atoms with van der Waals surface area (Å²) >= 11 is 8.28. The number of hydrogen-bond acceptors (Lipinski definition) is 2. The molecule has 0 saturated carbocycles. The summed E-state index contributed by atoms with van der Waals surface area (Å²) in [5.74, 6) is 0.877. The van der Waals surface area contributed by atoms with Crippen molar-refractivity contribution in [2.24, 2.45) is 0 Å². The summed E-state index contributed by atoms with van der Waals surface area (Å²) in [5, 5.41) is 3.73. The van der Waals surface area contributed by atoms with Gasteiger partial charge in [0, 0.05) is 35.0 Å². The Labute approximate surface area is 162 Å². The molecule has 26 heavy (non-hydrogen) atoms. The van der Waals surface area contributed by atoms with Gasteiger partial charge in [-0.3, -0.25) is 0 Å². The van der Waals surface area contributed by atoms with Crippen molar-refractivity contribution in [1.82, 2.24) is 9.55 Å². The topological polar surface area (TPSA) is 17.8 Å². The van der Waals surface area contributed by atoms with Gasteiger partial charge in [-0.25, -0.2) is 4.98 Å². The Balaban J connectivity index is 1.67. The average Bonchev–Trinajstić information content (AvgIpc) is 3.19. The SMILES string of the molecule is Clc1ccccc1CSC(Cn1ccnc1)c1cccc2ccccc12. The number of thioether (sulfide) groups is 1. The molecule has 0 aliphatic heterocycles. The maximum Gasteiger partial charge on any atom is 0.0946 e. The van der Waals surface area contributed by atoms with Crippen LogP contribution < -0.4 is 0 Å². The summed E-state index contributed by atoms with van der Waals surface area (Å²) in [7, 11) is 0. The van der Waals surface area contributed by atoms with Crippen LogP contribution in [0.3, 0.4) is 0 Å². The lowest BCUT2D eigenvalue weighted by atomic mass is 10.0. The number of benzene rings is 3. The van der Waals surface area contributed by atoms with Gasteiger partial charge in [0.1, 0.15) is 0 Å². The zero-order valence-electron chi connectivity index (χ0n) is 14.3. The highest BCUT2D eigenvalue weighted by molar-refractivity contribution is 7.98. The van der Waals surface area contributed by atoms with E-state index in [1.54, 1.807) is 0 Å². The highest BCUT2D eigenvalue weighted by Gasteiger charge is 2.16. The fourth-order valence-corrected chi connectivity index (χ4v) is 4.74. The molecule has 1 heterocycles. The first-order valence-electron chi connectivity index (χ1n) is 8.59. The van der Waals surface area contributed by atoms with Gasteiger partial charge in [0.15, 0.2) is 0 Å². The third-order valence-electron chi connectivity index (χ3n) is 4.50. The molecule has 0 fully saturated rings. The molecule has 0 N–H and O–H groups in total. The summed E-state index contributed by atoms with van der Waals surface area (Å²) in [4.78, 5) is 4.20. The minimum Gasteiger partial charge on any atom is -0.336 e. The number of aromatic nitrogens is 2. The molecule has 0 radical (unpaired) electrons. The molecular weight excluding hydrogens is 360 g/mol. The molecule has 4 aromatic rings. The van der Waals surface area contributed by atoms with Crippen LogP contribution in [0.4, 0.5) is 0 Å². The van der Waals surface area contributed by atoms with E-state index in [0.717, 1.165) is 17.3 Å². The van der Waals surface area contributed by atoms with Crippen molar-refractivity contribution in [3.63, 3.8) is 0 Å². The van der Waals surface area contributed by atoms with Crippen LogP contribution in [0.15, 0.2) is 85.5 Å².